The second-order valence-corrected chi connectivity index (χ2v) is 9.41. The van der Waals surface area contributed by atoms with Crippen LogP contribution in [0.4, 0.5) is 0 Å². The summed E-state index contributed by atoms with van der Waals surface area (Å²) in [5, 5.41) is 30.7. The van der Waals surface area contributed by atoms with Gasteiger partial charge in [0.2, 0.25) is 0 Å². The Labute approximate surface area is 145 Å². The molecule has 0 aliphatic heterocycles. The van der Waals surface area contributed by atoms with Gasteiger partial charge in [0.05, 0.1) is 18.8 Å². The Hall–Kier alpha value is -0.710. The van der Waals surface area contributed by atoms with Crippen LogP contribution in [0.3, 0.4) is 0 Å². The van der Waals surface area contributed by atoms with Gasteiger partial charge in [-0.25, -0.2) is 0 Å². The number of aliphatic hydroxyl groups is 3. The van der Waals surface area contributed by atoms with Crippen molar-refractivity contribution < 1.29 is 20.1 Å². The summed E-state index contributed by atoms with van der Waals surface area (Å²) in [5.74, 6) is 0.510. The zero-order chi connectivity index (χ0) is 17.9. The van der Waals surface area contributed by atoms with Gasteiger partial charge in [-0.3, -0.25) is 4.79 Å². The van der Waals surface area contributed by atoms with Gasteiger partial charge in [-0.05, 0) is 66.8 Å². The van der Waals surface area contributed by atoms with Gasteiger partial charge in [0.1, 0.15) is 0 Å². The molecule has 0 heterocycles. The normalized spacial score (nSPS) is 49.9. The number of allylic oxidation sites excluding steroid dienone is 2. The fourth-order valence-electron chi connectivity index (χ4n) is 6.12. The molecule has 0 bridgehead atoms. The van der Waals surface area contributed by atoms with Crippen molar-refractivity contribution in [1.82, 2.24) is 0 Å². The zero-order valence-electron chi connectivity index (χ0n) is 15.4. The van der Waals surface area contributed by atoms with E-state index in [9.17, 15) is 20.1 Å². The highest BCUT2D eigenvalue weighted by atomic mass is 16.3. The van der Waals surface area contributed by atoms with E-state index in [1.807, 2.05) is 13.8 Å². The van der Waals surface area contributed by atoms with E-state index in [4.69, 9.17) is 0 Å². The lowest BCUT2D eigenvalue weighted by Crippen LogP contribution is -2.60. The monoisotopic (exact) mass is 336 g/mol. The second-order valence-electron chi connectivity index (χ2n) is 9.41. The summed E-state index contributed by atoms with van der Waals surface area (Å²) in [6, 6.07) is 0. The van der Waals surface area contributed by atoms with Crippen molar-refractivity contribution >= 4 is 5.78 Å². The van der Waals surface area contributed by atoms with Crippen molar-refractivity contribution in [3.05, 3.63) is 11.6 Å². The molecule has 3 N–H and O–H groups in total. The molecule has 0 radical (unpaired) electrons. The minimum atomic E-state index is -0.753. The fraction of sp³-hybridized carbons (Fsp3) is 0.850. The lowest BCUT2D eigenvalue weighted by molar-refractivity contribution is -0.177. The Balaban J connectivity index is 1.98. The number of carbonyl (C=O) groups excluding carboxylic acids is 1. The number of hydrogen-bond acceptors (Lipinski definition) is 4. The van der Waals surface area contributed by atoms with Crippen molar-refractivity contribution in [3.8, 4) is 0 Å². The Morgan fingerprint density at radius 2 is 1.92 bits per heavy atom. The van der Waals surface area contributed by atoms with Crippen LogP contribution in [0.1, 0.15) is 59.8 Å². The molecular weight excluding hydrogens is 304 g/mol. The lowest BCUT2D eigenvalue weighted by Gasteiger charge is -2.63. The Bertz CT molecular complexity index is 570. The number of aliphatic hydroxyl groups excluding tert-OH is 3. The maximum Gasteiger partial charge on any atom is 0.155 e. The van der Waals surface area contributed by atoms with E-state index in [1.54, 1.807) is 6.08 Å². The summed E-state index contributed by atoms with van der Waals surface area (Å²) in [7, 11) is 0. The minimum Gasteiger partial charge on any atom is -0.394 e. The van der Waals surface area contributed by atoms with E-state index in [-0.39, 0.29) is 40.5 Å². The Morgan fingerprint density at radius 1 is 1.25 bits per heavy atom. The average Bonchev–Trinajstić information content (AvgIpc) is 2.51. The van der Waals surface area contributed by atoms with Crippen LogP contribution in [0.25, 0.3) is 0 Å². The highest BCUT2D eigenvalue weighted by molar-refractivity contribution is 5.92. The first-order valence-electron chi connectivity index (χ1n) is 9.25. The zero-order valence-corrected chi connectivity index (χ0v) is 15.4. The van der Waals surface area contributed by atoms with Crippen LogP contribution >= 0.6 is 0 Å². The van der Waals surface area contributed by atoms with Crippen molar-refractivity contribution in [2.24, 2.45) is 28.1 Å². The summed E-state index contributed by atoms with van der Waals surface area (Å²) >= 11 is 0. The third-order valence-electron chi connectivity index (χ3n) is 8.09. The number of ketones is 1. The third-order valence-corrected chi connectivity index (χ3v) is 8.09. The molecule has 0 amide bonds. The van der Waals surface area contributed by atoms with E-state index >= 15 is 0 Å². The first-order chi connectivity index (χ1) is 11.1. The molecule has 4 heteroatoms. The second kappa shape index (κ2) is 5.65. The molecule has 3 aliphatic carbocycles. The lowest BCUT2D eigenvalue weighted by atomic mass is 9.41. The highest BCUT2D eigenvalue weighted by Gasteiger charge is 2.61. The maximum atomic E-state index is 12.2. The van der Waals surface area contributed by atoms with Gasteiger partial charge in [-0.15, -0.1) is 0 Å². The minimum absolute atomic E-state index is 0.0641. The van der Waals surface area contributed by atoms with Crippen LogP contribution in [0.5, 0.6) is 0 Å². The molecule has 2 saturated carbocycles. The Morgan fingerprint density at radius 3 is 2.54 bits per heavy atom. The van der Waals surface area contributed by atoms with E-state index in [1.165, 1.54) is 0 Å². The molecule has 2 fully saturated rings. The number of hydrogen-bond donors (Lipinski definition) is 3. The summed E-state index contributed by atoms with van der Waals surface area (Å²) in [6.07, 6.45) is 4.23. The molecule has 0 aromatic rings. The van der Waals surface area contributed by atoms with Gasteiger partial charge in [-0.2, -0.15) is 0 Å². The van der Waals surface area contributed by atoms with Gasteiger partial charge in [0.25, 0.3) is 0 Å². The fourth-order valence-corrected chi connectivity index (χ4v) is 6.12. The summed E-state index contributed by atoms with van der Waals surface area (Å²) < 4.78 is 0. The van der Waals surface area contributed by atoms with Gasteiger partial charge < -0.3 is 15.3 Å². The van der Waals surface area contributed by atoms with Crippen molar-refractivity contribution in [2.75, 3.05) is 6.61 Å². The van der Waals surface area contributed by atoms with Crippen LogP contribution in [0.15, 0.2) is 11.6 Å². The van der Waals surface area contributed by atoms with Crippen molar-refractivity contribution in [1.29, 1.82) is 0 Å². The van der Waals surface area contributed by atoms with Crippen LogP contribution < -0.4 is 0 Å². The van der Waals surface area contributed by atoms with Gasteiger partial charge in [-0.1, -0.05) is 26.3 Å². The quantitative estimate of drug-likeness (QED) is 0.724. The van der Waals surface area contributed by atoms with Crippen LogP contribution in [-0.2, 0) is 4.79 Å². The van der Waals surface area contributed by atoms with Crippen LogP contribution in [0.2, 0.25) is 0 Å². The number of carbonyl (C=O) groups is 1. The van der Waals surface area contributed by atoms with E-state index < -0.39 is 12.2 Å². The largest absolute Gasteiger partial charge is 0.394 e. The predicted octanol–water partition coefficient (Wildman–Crippen LogP) is 2.46. The molecule has 0 spiro atoms. The molecule has 24 heavy (non-hydrogen) atoms. The molecule has 0 saturated heterocycles. The molecule has 0 aromatic carbocycles. The third kappa shape index (κ3) is 2.41. The molecule has 7 atom stereocenters. The van der Waals surface area contributed by atoms with Crippen LogP contribution in [-0.4, -0.2) is 39.9 Å². The molecule has 136 valence electrons. The first kappa shape index (κ1) is 18.1. The van der Waals surface area contributed by atoms with Gasteiger partial charge in [0.15, 0.2) is 5.78 Å². The predicted molar refractivity (Wildman–Crippen MR) is 92.2 cm³/mol. The number of fused-ring (bicyclic) bond motifs is 3. The molecule has 0 aromatic heterocycles. The van der Waals surface area contributed by atoms with Crippen LogP contribution in [0, 0.1) is 28.1 Å². The van der Waals surface area contributed by atoms with E-state index in [2.05, 4.69) is 13.8 Å². The molecule has 4 nitrogen and oxygen atoms in total. The standard InChI is InChI=1S/C20H32O4/c1-12-7-13(22)8-16-19(3)6-5-18(2,17(24)11-21)9-14(19)15(23)10-20(12,16)4/h7,14-17,21,23-24H,5-6,8-11H2,1-4H3. The average molecular weight is 336 g/mol. The van der Waals surface area contributed by atoms with Gasteiger partial charge in [0, 0.05) is 6.42 Å². The maximum absolute atomic E-state index is 12.2. The smallest absolute Gasteiger partial charge is 0.155 e. The highest BCUT2D eigenvalue weighted by Crippen LogP contribution is 2.66. The van der Waals surface area contributed by atoms with E-state index in [0.29, 0.717) is 19.3 Å². The summed E-state index contributed by atoms with van der Waals surface area (Å²) in [5.41, 5.74) is 0.511. The molecule has 7 unspecified atom stereocenters. The van der Waals surface area contributed by atoms with Gasteiger partial charge >= 0.3 is 0 Å². The number of rotatable bonds is 2. The molecule has 3 aliphatic rings. The van der Waals surface area contributed by atoms with Crippen molar-refractivity contribution in [3.63, 3.8) is 0 Å². The first-order valence-corrected chi connectivity index (χ1v) is 9.25. The summed E-state index contributed by atoms with van der Waals surface area (Å²) in [6.45, 7) is 8.25. The molecule has 3 rings (SSSR count). The SMILES string of the molecule is CC1=CC(=O)CC2C1(C)CC(O)C1CC(C)(C(O)CO)CCC12C. The Kier molecular flexibility index (Phi) is 4.26. The van der Waals surface area contributed by atoms with E-state index in [0.717, 1.165) is 18.4 Å². The molecular formula is C20H32O4. The summed E-state index contributed by atoms with van der Waals surface area (Å²) in [4.78, 5) is 12.2. The topological polar surface area (TPSA) is 77.8 Å². The van der Waals surface area contributed by atoms with Crippen molar-refractivity contribution in [2.45, 2.75) is 72.0 Å².